The number of aromatic nitrogens is 1. The fraction of sp³-hybridized carbons (Fsp3) is 0.391. The maximum Gasteiger partial charge on any atom is 0.241 e. The van der Waals surface area contributed by atoms with Crippen molar-refractivity contribution in [2.75, 3.05) is 7.05 Å². The van der Waals surface area contributed by atoms with Gasteiger partial charge in [0.25, 0.3) is 0 Å². The summed E-state index contributed by atoms with van der Waals surface area (Å²) in [6, 6.07) is 11.1. The SMILES string of the molecule is Cc1ccccc1[C@]1(CC(=O)N(C)C(C)C)CC(=O)N(Cc2cccnc2)C1=O. The first-order valence-electron chi connectivity index (χ1n) is 9.82. The molecule has 6 nitrogen and oxygen atoms in total. The monoisotopic (exact) mass is 393 g/mol. The molecule has 1 saturated heterocycles. The molecule has 3 rings (SSSR count). The van der Waals surface area contributed by atoms with Crippen molar-refractivity contribution in [1.29, 1.82) is 0 Å². The number of aryl methyl sites for hydroxylation is 1. The molecule has 2 heterocycles. The van der Waals surface area contributed by atoms with Crippen LogP contribution in [0.3, 0.4) is 0 Å². The standard InChI is InChI=1S/C23H27N3O3/c1-16(2)25(4)20(27)12-23(19-10-6-5-8-17(19)3)13-21(28)26(22(23)29)15-18-9-7-11-24-14-18/h5-11,14,16H,12-13,15H2,1-4H3/t23-/m0/s1. The van der Waals surface area contributed by atoms with Crippen LogP contribution in [0.4, 0.5) is 0 Å². The van der Waals surface area contributed by atoms with Crippen molar-refractivity contribution in [1.82, 2.24) is 14.8 Å². The van der Waals surface area contributed by atoms with E-state index in [-0.39, 0.29) is 43.1 Å². The van der Waals surface area contributed by atoms with Crippen LogP contribution in [0.25, 0.3) is 0 Å². The Morgan fingerprint density at radius 3 is 2.55 bits per heavy atom. The highest BCUT2D eigenvalue weighted by Gasteiger charge is 2.54. The summed E-state index contributed by atoms with van der Waals surface area (Å²) in [4.78, 5) is 46.5. The summed E-state index contributed by atoms with van der Waals surface area (Å²) in [6.45, 7) is 5.92. The number of rotatable bonds is 6. The minimum Gasteiger partial charge on any atom is -0.343 e. The van der Waals surface area contributed by atoms with Gasteiger partial charge in [-0.3, -0.25) is 24.3 Å². The Bertz CT molecular complexity index is 926. The summed E-state index contributed by atoms with van der Waals surface area (Å²) in [6.07, 6.45) is 3.26. The second kappa shape index (κ2) is 8.15. The summed E-state index contributed by atoms with van der Waals surface area (Å²) in [5.41, 5.74) is 1.25. The third-order valence-corrected chi connectivity index (χ3v) is 5.75. The highest BCUT2D eigenvalue weighted by molar-refractivity contribution is 6.10. The highest BCUT2D eigenvalue weighted by atomic mass is 16.2. The molecule has 0 aliphatic carbocycles. The van der Waals surface area contributed by atoms with Crippen molar-refractivity contribution in [2.45, 2.75) is 51.6 Å². The van der Waals surface area contributed by atoms with Gasteiger partial charge in [-0.2, -0.15) is 0 Å². The van der Waals surface area contributed by atoms with Gasteiger partial charge in [0.05, 0.1) is 12.0 Å². The molecule has 0 spiro atoms. The summed E-state index contributed by atoms with van der Waals surface area (Å²) >= 11 is 0. The molecule has 3 amide bonds. The van der Waals surface area contributed by atoms with E-state index in [0.717, 1.165) is 16.7 Å². The maximum atomic E-state index is 13.6. The van der Waals surface area contributed by atoms with Gasteiger partial charge in [-0.25, -0.2) is 0 Å². The molecule has 1 aromatic heterocycles. The number of benzene rings is 1. The van der Waals surface area contributed by atoms with Gasteiger partial charge in [-0.15, -0.1) is 0 Å². The number of likely N-dealkylation sites (tertiary alicyclic amines) is 1. The van der Waals surface area contributed by atoms with E-state index in [0.29, 0.717) is 0 Å². The Labute approximate surface area is 171 Å². The predicted molar refractivity (Wildman–Crippen MR) is 110 cm³/mol. The van der Waals surface area contributed by atoms with Crippen molar-refractivity contribution in [2.24, 2.45) is 0 Å². The van der Waals surface area contributed by atoms with Crippen LogP contribution in [0.1, 0.15) is 43.4 Å². The molecule has 2 aromatic rings. The quantitative estimate of drug-likeness (QED) is 0.708. The zero-order valence-electron chi connectivity index (χ0n) is 17.4. The lowest BCUT2D eigenvalue weighted by Gasteiger charge is -2.31. The molecular weight excluding hydrogens is 366 g/mol. The minimum absolute atomic E-state index is 0.00533. The normalized spacial score (nSPS) is 19.1. The Morgan fingerprint density at radius 1 is 1.21 bits per heavy atom. The van der Waals surface area contributed by atoms with E-state index in [4.69, 9.17) is 0 Å². The van der Waals surface area contributed by atoms with E-state index in [9.17, 15) is 14.4 Å². The van der Waals surface area contributed by atoms with Crippen molar-refractivity contribution >= 4 is 17.7 Å². The number of hydrogen-bond donors (Lipinski definition) is 0. The summed E-state index contributed by atoms with van der Waals surface area (Å²) in [7, 11) is 1.73. The van der Waals surface area contributed by atoms with Gasteiger partial charge in [0, 0.05) is 38.3 Å². The molecule has 1 aliphatic heterocycles. The molecule has 152 valence electrons. The molecular formula is C23H27N3O3. The molecule has 0 bridgehead atoms. The first-order valence-corrected chi connectivity index (χ1v) is 9.82. The first kappa shape index (κ1) is 20.7. The molecule has 0 unspecified atom stereocenters. The molecule has 29 heavy (non-hydrogen) atoms. The second-order valence-corrected chi connectivity index (χ2v) is 8.00. The fourth-order valence-electron chi connectivity index (χ4n) is 3.86. The Kier molecular flexibility index (Phi) is 5.82. The smallest absolute Gasteiger partial charge is 0.241 e. The lowest BCUT2D eigenvalue weighted by atomic mass is 9.74. The third-order valence-electron chi connectivity index (χ3n) is 5.75. The highest BCUT2D eigenvalue weighted by Crippen LogP contribution is 2.42. The first-order chi connectivity index (χ1) is 13.8. The van der Waals surface area contributed by atoms with Crippen LogP contribution in [-0.4, -0.2) is 45.6 Å². The average Bonchev–Trinajstić information content (AvgIpc) is 2.93. The van der Waals surface area contributed by atoms with E-state index in [2.05, 4.69) is 4.98 Å². The van der Waals surface area contributed by atoms with Crippen molar-refractivity contribution in [3.8, 4) is 0 Å². The van der Waals surface area contributed by atoms with E-state index in [1.807, 2.05) is 51.1 Å². The van der Waals surface area contributed by atoms with Crippen LogP contribution < -0.4 is 0 Å². The maximum absolute atomic E-state index is 13.6. The van der Waals surface area contributed by atoms with Gasteiger partial charge in [0.15, 0.2) is 0 Å². The van der Waals surface area contributed by atoms with Crippen LogP contribution in [0.15, 0.2) is 48.8 Å². The number of amides is 3. The third kappa shape index (κ3) is 3.92. The molecule has 1 atom stereocenters. The number of imide groups is 1. The minimum atomic E-state index is -1.18. The van der Waals surface area contributed by atoms with Crippen LogP contribution in [0.5, 0.6) is 0 Å². The summed E-state index contributed by atoms with van der Waals surface area (Å²) in [5, 5.41) is 0. The van der Waals surface area contributed by atoms with E-state index in [1.165, 1.54) is 4.90 Å². The molecule has 0 radical (unpaired) electrons. The van der Waals surface area contributed by atoms with E-state index < -0.39 is 5.41 Å². The Hall–Kier alpha value is -3.02. The number of pyridine rings is 1. The van der Waals surface area contributed by atoms with Crippen molar-refractivity contribution in [3.63, 3.8) is 0 Å². The summed E-state index contributed by atoms with van der Waals surface area (Å²) in [5.74, 6) is -0.721. The second-order valence-electron chi connectivity index (χ2n) is 8.00. The van der Waals surface area contributed by atoms with Crippen molar-refractivity contribution in [3.05, 3.63) is 65.5 Å². The van der Waals surface area contributed by atoms with Crippen LogP contribution in [-0.2, 0) is 26.3 Å². The van der Waals surface area contributed by atoms with Gasteiger partial charge in [-0.1, -0.05) is 30.3 Å². The predicted octanol–water partition coefficient (Wildman–Crippen LogP) is 2.84. The average molecular weight is 393 g/mol. The fourth-order valence-corrected chi connectivity index (χ4v) is 3.86. The molecule has 0 N–H and O–H groups in total. The van der Waals surface area contributed by atoms with Gasteiger partial charge in [0.2, 0.25) is 17.7 Å². The zero-order chi connectivity index (χ0) is 21.2. The van der Waals surface area contributed by atoms with Crippen LogP contribution in [0, 0.1) is 6.92 Å². The van der Waals surface area contributed by atoms with Gasteiger partial charge >= 0.3 is 0 Å². The van der Waals surface area contributed by atoms with Crippen LogP contribution in [0.2, 0.25) is 0 Å². The van der Waals surface area contributed by atoms with Gasteiger partial charge in [-0.05, 0) is 43.5 Å². The molecule has 1 aromatic carbocycles. The topological polar surface area (TPSA) is 70.6 Å². The Morgan fingerprint density at radius 2 is 1.93 bits per heavy atom. The summed E-state index contributed by atoms with van der Waals surface area (Å²) < 4.78 is 0. The molecule has 1 aliphatic rings. The molecule has 0 saturated carbocycles. The van der Waals surface area contributed by atoms with E-state index >= 15 is 0 Å². The van der Waals surface area contributed by atoms with Crippen LogP contribution >= 0.6 is 0 Å². The largest absolute Gasteiger partial charge is 0.343 e. The number of nitrogens with zero attached hydrogens (tertiary/aromatic N) is 3. The zero-order valence-corrected chi connectivity index (χ0v) is 17.4. The van der Waals surface area contributed by atoms with Crippen molar-refractivity contribution < 1.29 is 14.4 Å². The Balaban J connectivity index is 2.02. The number of hydrogen-bond acceptors (Lipinski definition) is 4. The number of carbonyl (C=O) groups is 3. The molecule has 1 fully saturated rings. The lowest BCUT2D eigenvalue weighted by molar-refractivity contribution is -0.143. The van der Waals surface area contributed by atoms with Gasteiger partial charge in [0.1, 0.15) is 0 Å². The lowest BCUT2D eigenvalue weighted by Crippen LogP contribution is -2.44. The number of carbonyl (C=O) groups excluding carboxylic acids is 3. The van der Waals surface area contributed by atoms with E-state index in [1.54, 1.807) is 30.4 Å². The molecule has 6 heteroatoms. The van der Waals surface area contributed by atoms with Gasteiger partial charge < -0.3 is 4.90 Å².